The number of ether oxygens (including phenoxy) is 2. The van der Waals surface area contributed by atoms with Crippen molar-refractivity contribution in [1.82, 2.24) is 9.97 Å². The third kappa shape index (κ3) is 5.82. The number of rotatable bonds is 8. The van der Waals surface area contributed by atoms with E-state index in [-0.39, 0.29) is 24.0 Å². The van der Waals surface area contributed by atoms with Crippen molar-refractivity contribution in [1.29, 1.82) is 0 Å². The zero-order valence-corrected chi connectivity index (χ0v) is 19.7. The summed E-state index contributed by atoms with van der Waals surface area (Å²) in [4.78, 5) is 8.32. The summed E-state index contributed by atoms with van der Waals surface area (Å²) in [6.07, 6.45) is 3.18. The molecule has 2 aliphatic rings. The van der Waals surface area contributed by atoms with Crippen LogP contribution in [0, 0.1) is 11.8 Å². The monoisotopic (exact) mass is 478 g/mol. The van der Waals surface area contributed by atoms with Crippen molar-refractivity contribution < 1.29 is 29.2 Å². The number of pyridine rings is 1. The van der Waals surface area contributed by atoms with E-state index in [1.165, 1.54) is 0 Å². The molecule has 33 heavy (non-hydrogen) atoms. The highest BCUT2D eigenvalue weighted by molar-refractivity contribution is 6.29. The van der Waals surface area contributed by atoms with Crippen LogP contribution >= 0.6 is 11.6 Å². The zero-order chi connectivity index (χ0) is 23.7. The molecule has 3 N–H and O–H groups in total. The van der Waals surface area contributed by atoms with Crippen LogP contribution < -0.4 is 0 Å². The summed E-state index contributed by atoms with van der Waals surface area (Å²) in [6, 6.07) is 3.49. The zero-order valence-electron chi connectivity index (χ0n) is 19.0. The number of nitrogens with zero attached hydrogens (tertiary/aromatic N) is 2. The van der Waals surface area contributed by atoms with E-state index in [1.807, 2.05) is 13.8 Å². The van der Waals surface area contributed by atoms with Gasteiger partial charge in [-0.3, -0.25) is 0 Å². The highest BCUT2D eigenvalue weighted by atomic mass is 35.5. The van der Waals surface area contributed by atoms with Crippen LogP contribution in [-0.2, 0) is 9.47 Å². The van der Waals surface area contributed by atoms with E-state index in [0.717, 1.165) is 11.1 Å². The molecule has 2 aliphatic heterocycles. The van der Waals surface area contributed by atoms with Gasteiger partial charge < -0.3 is 29.2 Å². The summed E-state index contributed by atoms with van der Waals surface area (Å²) in [7, 11) is 0. The largest absolute Gasteiger partial charge is 0.437 e. The van der Waals surface area contributed by atoms with E-state index >= 15 is 0 Å². The third-order valence-electron chi connectivity index (χ3n) is 6.60. The van der Waals surface area contributed by atoms with Gasteiger partial charge in [0.15, 0.2) is 5.76 Å². The molecule has 0 spiro atoms. The van der Waals surface area contributed by atoms with E-state index in [0.29, 0.717) is 36.3 Å². The van der Waals surface area contributed by atoms with Gasteiger partial charge in [0.25, 0.3) is 0 Å². The van der Waals surface area contributed by atoms with Crippen LogP contribution in [0.25, 0.3) is 17.4 Å². The van der Waals surface area contributed by atoms with Crippen LogP contribution in [0.3, 0.4) is 0 Å². The van der Waals surface area contributed by atoms with Gasteiger partial charge in [-0.25, -0.2) is 9.97 Å². The van der Waals surface area contributed by atoms with Gasteiger partial charge in [0.2, 0.25) is 5.89 Å². The Bertz CT molecular complexity index is 962. The minimum absolute atomic E-state index is 0.00779. The molecule has 0 saturated carbocycles. The van der Waals surface area contributed by atoms with E-state index < -0.39 is 24.4 Å². The van der Waals surface area contributed by atoms with E-state index in [4.69, 9.17) is 25.5 Å². The van der Waals surface area contributed by atoms with Crippen LogP contribution in [0.5, 0.6) is 0 Å². The SMILES string of the molecule is C/C(=C\c1ncc(-c2ccc(Cl)nc2)o1)C[C@@H]1OC[C@H](C[C@@H]2O[C@H]2[C@@H](C)[C@H](C)O)[C@@H](O)[C@H]1O. The van der Waals surface area contributed by atoms with Crippen LogP contribution in [0.15, 0.2) is 34.5 Å². The van der Waals surface area contributed by atoms with Gasteiger partial charge in [0.1, 0.15) is 11.3 Å². The van der Waals surface area contributed by atoms with Gasteiger partial charge in [0.05, 0.1) is 43.3 Å². The van der Waals surface area contributed by atoms with Crippen molar-refractivity contribution in [2.45, 2.75) is 70.2 Å². The lowest BCUT2D eigenvalue weighted by Gasteiger charge is -2.38. The summed E-state index contributed by atoms with van der Waals surface area (Å²) >= 11 is 5.82. The smallest absolute Gasteiger partial charge is 0.219 e. The predicted octanol–water partition coefficient (Wildman–Crippen LogP) is 3.09. The molecule has 4 heterocycles. The number of aliphatic hydroxyl groups excluding tert-OH is 3. The minimum atomic E-state index is -1.00. The Morgan fingerprint density at radius 3 is 2.67 bits per heavy atom. The van der Waals surface area contributed by atoms with Gasteiger partial charge in [-0.05, 0) is 44.9 Å². The molecule has 0 radical (unpaired) electrons. The highest BCUT2D eigenvalue weighted by Gasteiger charge is 2.48. The van der Waals surface area contributed by atoms with Crippen LogP contribution in [0.4, 0.5) is 0 Å². The van der Waals surface area contributed by atoms with Crippen molar-refractivity contribution >= 4 is 17.7 Å². The molecule has 2 aromatic heterocycles. The average molecular weight is 479 g/mol. The molecule has 2 saturated heterocycles. The lowest BCUT2D eigenvalue weighted by Crippen LogP contribution is -2.50. The highest BCUT2D eigenvalue weighted by Crippen LogP contribution is 2.38. The second kappa shape index (κ2) is 10.2. The first-order valence-corrected chi connectivity index (χ1v) is 11.7. The second-order valence-electron chi connectivity index (χ2n) is 9.21. The Balaban J connectivity index is 1.31. The summed E-state index contributed by atoms with van der Waals surface area (Å²) in [5.74, 6) is 0.842. The number of hydrogen-bond donors (Lipinski definition) is 3. The summed E-state index contributed by atoms with van der Waals surface area (Å²) in [5.41, 5.74) is 1.68. The Morgan fingerprint density at radius 1 is 1.18 bits per heavy atom. The van der Waals surface area contributed by atoms with Gasteiger partial charge in [0, 0.05) is 23.6 Å². The van der Waals surface area contributed by atoms with Gasteiger partial charge in [-0.15, -0.1) is 0 Å². The first kappa shape index (κ1) is 24.3. The van der Waals surface area contributed by atoms with Crippen LogP contribution in [0.1, 0.15) is 39.5 Å². The number of oxazole rings is 1. The van der Waals surface area contributed by atoms with E-state index in [1.54, 1.807) is 37.5 Å². The maximum absolute atomic E-state index is 10.7. The maximum atomic E-state index is 10.7. The molecular formula is C24H31ClN2O6. The van der Waals surface area contributed by atoms with Crippen molar-refractivity contribution in [3.63, 3.8) is 0 Å². The fourth-order valence-corrected chi connectivity index (χ4v) is 4.42. The third-order valence-corrected chi connectivity index (χ3v) is 6.83. The molecule has 8 atom stereocenters. The molecule has 0 unspecified atom stereocenters. The normalized spacial score (nSPS) is 31.9. The molecule has 0 aliphatic carbocycles. The predicted molar refractivity (Wildman–Crippen MR) is 122 cm³/mol. The number of halogens is 1. The van der Waals surface area contributed by atoms with Gasteiger partial charge in [-0.1, -0.05) is 24.1 Å². The quantitative estimate of drug-likeness (QED) is 0.391. The summed E-state index contributed by atoms with van der Waals surface area (Å²) in [6.45, 7) is 5.95. The molecule has 9 heteroatoms. The topological polar surface area (TPSA) is 121 Å². The molecule has 8 nitrogen and oxygen atoms in total. The lowest BCUT2D eigenvalue weighted by molar-refractivity contribution is -0.165. The fraction of sp³-hybridized carbons (Fsp3) is 0.583. The molecule has 0 aromatic carbocycles. The Labute approximate surface area is 198 Å². The number of epoxide rings is 1. The molecule has 0 amide bonds. The summed E-state index contributed by atoms with van der Waals surface area (Å²) < 4.78 is 17.4. The average Bonchev–Trinajstić information content (AvgIpc) is 3.40. The minimum Gasteiger partial charge on any atom is -0.437 e. The van der Waals surface area contributed by atoms with E-state index in [9.17, 15) is 15.3 Å². The lowest BCUT2D eigenvalue weighted by atomic mass is 9.85. The second-order valence-corrected chi connectivity index (χ2v) is 9.60. The molecule has 0 bridgehead atoms. The van der Waals surface area contributed by atoms with Gasteiger partial charge in [-0.2, -0.15) is 0 Å². The molecule has 2 aromatic rings. The van der Waals surface area contributed by atoms with Crippen molar-refractivity contribution in [2.75, 3.05) is 6.61 Å². The van der Waals surface area contributed by atoms with Crippen LogP contribution in [0.2, 0.25) is 5.15 Å². The van der Waals surface area contributed by atoms with Crippen LogP contribution in [-0.4, -0.2) is 68.5 Å². The maximum Gasteiger partial charge on any atom is 0.219 e. The Hall–Kier alpha value is -1.81. The molecule has 180 valence electrons. The standard InChI is InChI=1S/C24H31ClN2O6/c1-12(7-21-27-10-19(32-21)15-4-5-20(25)26-9-15)6-17-23(30)22(29)16(11-31-17)8-18-24(33-18)13(2)14(3)28/h4-5,7,9-10,13-14,16-18,22-24,28-30H,6,8,11H2,1-3H3/b12-7+/t13-,14-,16-,17-,18-,22+,23-,24-/m0/s1. The molecular weight excluding hydrogens is 448 g/mol. The molecule has 2 fully saturated rings. The number of hydrogen-bond acceptors (Lipinski definition) is 8. The Morgan fingerprint density at radius 2 is 1.97 bits per heavy atom. The first-order valence-electron chi connectivity index (χ1n) is 11.3. The first-order chi connectivity index (χ1) is 15.7. The summed E-state index contributed by atoms with van der Waals surface area (Å²) in [5, 5.41) is 31.5. The molecule has 4 rings (SSSR count). The number of aliphatic hydroxyl groups is 3. The van der Waals surface area contributed by atoms with Gasteiger partial charge >= 0.3 is 0 Å². The Kier molecular flexibility index (Phi) is 7.53. The van der Waals surface area contributed by atoms with Crippen molar-refractivity contribution in [3.05, 3.63) is 41.1 Å². The number of aromatic nitrogens is 2. The fourth-order valence-electron chi connectivity index (χ4n) is 4.31. The van der Waals surface area contributed by atoms with Crippen molar-refractivity contribution in [2.24, 2.45) is 11.8 Å². The van der Waals surface area contributed by atoms with E-state index in [2.05, 4.69) is 9.97 Å². The van der Waals surface area contributed by atoms with Crippen molar-refractivity contribution in [3.8, 4) is 11.3 Å².